The van der Waals surface area contributed by atoms with Crippen LogP contribution in [0.25, 0.3) is 0 Å². The number of rotatable bonds is 4. The Morgan fingerprint density at radius 2 is 1.92 bits per heavy atom. The first-order chi connectivity index (χ1) is 11.3. The van der Waals surface area contributed by atoms with E-state index in [4.69, 9.17) is 0 Å². The summed E-state index contributed by atoms with van der Waals surface area (Å²) in [6, 6.07) is 1.44. The molecule has 1 aromatic carbocycles. The fourth-order valence-electron chi connectivity index (χ4n) is 2.74. The number of halogens is 3. The lowest BCUT2D eigenvalue weighted by molar-refractivity contribution is -0.141. The summed E-state index contributed by atoms with van der Waals surface area (Å²) in [4.78, 5) is 27.0. The maximum atomic E-state index is 13.8. The number of carbonyl (C=O) groups excluding carboxylic acids is 2. The molecule has 0 unspecified atom stereocenters. The third-order valence-electron chi connectivity index (χ3n) is 4.10. The molecular formula is C16H19F3N2O3. The summed E-state index contributed by atoms with van der Waals surface area (Å²) < 4.78 is 44.7. The van der Waals surface area contributed by atoms with Crippen molar-refractivity contribution < 1.29 is 27.5 Å². The van der Waals surface area contributed by atoms with Crippen molar-refractivity contribution in [3.8, 4) is 0 Å². The first kappa shape index (κ1) is 18.3. The van der Waals surface area contributed by atoms with Gasteiger partial charge in [-0.05, 0) is 19.1 Å². The van der Waals surface area contributed by atoms with Crippen LogP contribution in [0.3, 0.4) is 0 Å². The summed E-state index contributed by atoms with van der Waals surface area (Å²) in [5.41, 5.74) is -0.483. The van der Waals surface area contributed by atoms with Crippen molar-refractivity contribution in [3.05, 3.63) is 35.1 Å². The molecule has 1 atom stereocenters. The molecular weight excluding hydrogens is 325 g/mol. The maximum absolute atomic E-state index is 13.8. The summed E-state index contributed by atoms with van der Waals surface area (Å²) in [5, 5.41) is 0. The summed E-state index contributed by atoms with van der Waals surface area (Å²) in [7, 11) is 1.32. The third-order valence-corrected chi connectivity index (χ3v) is 4.10. The van der Waals surface area contributed by atoms with Gasteiger partial charge in [0.05, 0.1) is 19.1 Å². The van der Waals surface area contributed by atoms with Gasteiger partial charge in [-0.3, -0.25) is 14.5 Å². The quantitative estimate of drug-likeness (QED) is 0.618. The van der Waals surface area contributed by atoms with Crippen molar-refractivity contribution >= 4 is 11.9 Å². The van der Waals surface area contributed by atoms with Gasteiger partial charge in [-0.25, -0.2) is 13.2 Å². The van der Waals surface area contributed by atoms with Gasteiger partial charge in [-0.2, -0.15) is 0 Å². The Balaban J connectivity index is 2.03. The highest BCUT2D eigenvalue weighted by atomic mass is 19.2. The van der Waals surface area contributed by atoms with E-state index in [9.17, 15) is 22.8 Å². The molecule has 5 nitrogen and oxygen atoms in total. The Morgan fingerprint density at radius 3 is 2.54 bits per heavy atom. The van der Waals surface area contributed by atoms with Gasteiger partial charge in [0, 0.05) is 32.2 Å². The van der Waals surface area contributed by atoms with E-state index in [-0.39, 0.29) is 18.4 Å². The number of carbonyl (C=O) groups is 2. The van der Waals surface area contributed by atoms with Crippen LogP contribution in [0.2, 0.25) is 0 Å². The number of piperazine rings is 1. The van der Waals surface area contributed by atoms with E-state index in [1.165, 1.54) is 12.0 Å². The minimum absolute atomic E-state index is 0.245. The van der Waals surface area contributed by atoms with Crippen molar-refractivity contribution in [2.75, 3.05) is 33.3 Å². The van der Waals surface area contributed by atoms with E-state index < -0.39 is 28.9 Å². The number of benzene rings is 1. The Kier molecular flexibility index (Phi) is 5.82. The van der Waals surface area contributed by atoms with E-state index in [0.29, 0.717) is 26.2 Å². The number of hydrogen-bond acceptors (Lipinski definition) is 4. The molecule has 0 spiro atoms. The molecule has 1 saturated heterocycles. The highest BCUT2D eigenvalue weighted by Gasteiger charge is 2.30. The molecule has 0 radical (unpaired) electrons. The molecule has 1 amide bonds. The lowest BCUT2D eigenvalue weighted by Gasteiger charge is -2.39. The predicted octanol–water partition coefficient (Wildman–Crippen LogP) is 1.81. The summed E-state index contributed by atoms with van der Waals surface area (Å²) in [5.74, 6) is -5.44. The second-order valence-electron chi connectivity index (χ2n) is 5.70. The second kappa shape index (κ2) is 7.65. The lowest BCUT2D eigenvalue weighted by Crippen LogP contribution is -2.54. The highest BCUT2D eigenvalue weighted by molar-refractivity contribution is 5.94. The number of amides is 1. The molecule has 0 aromatic heterocycles. The zero-order valence-corrected chi connectivity index (χ0v) is 13.5. The van der Waals surface area contributed by atoms with Crippen LogP contribution in [0.4, 0.5) is 13.2 Å². The Bertz CT molecular complexity index is 639. The first-order valence-electron chi connectivity index (χ1n) is 7.58. The van der Waals surface area contributed by atoms with Crippen molar-refractivity contribution in [2.24, 2.45) is 0 Å². The topological polar surface area (TPSA) is 49.9 Å². The van der Waals surface area contributed by atoms with E-state index in [1.807, 2.05) is 4.90 Å². The molecule has 132 valence electrons. The van der Waals surface area contributed by atoms with Gasteiger partial charge in [-0.15, -0.1) is 0 Å². The van der Waals surface area contributed by atoms with E-state index in [2.05, 4.69) is 4.74 Å². The van der Waals surface area contributed by atoms with Gasteiger partial charge < -0.3 is 9.64 Å². The van der Waals surface area contributed by atoms with Gasteiger partial charge in [0.1, 0.15) is 0 Å². The first-order valence-corrected chi connectivity index (χ1v) is 7.58. The van der Waals surface area contributed by atoms with Crippen molar-refractivity contribution in [3.63, 3.8) is 0 Å². The smallest absolute Gasteiger partial charge is 0.306 e. The standard InChI is InChI=1S/C16H19F3N2O3/c1-10-9-20(6-5-13(22)24-2)7-8-21(10)16(23)11-3-4-12(17)15(19)14(11)18/h3-4,10H,5-9H2,1-2H3/t10-/m1/s1. The van der Waals surface area contributed by atoms with E-state index in [0.717, 1.165) is 12.1 Å². The van der Waals surface area contributed by atoms with Crippen LogP contribution >= 0.6 is 0 Å². The molecule has 1 aliphatic rings. The number of hydrogen-bond donors (Lipinski definition) is 0. The number of methoxy groups -OCH3 is 1. The SMILES string of the molecule is COC(=O)CCN1CCN(C(=O)c2ccc(F)c(F)c2F)[C@H](C)C1. The number of ether oxygens (including phenoxy) is 1. The Hall–Kier alpha value is -2.09. The Labute approximate surface area is 138 Å². The van der Waals surface area contributed by atoms with E-state index >= 15 is 0 Å². The fourth-order valence-corrected chi connectivity index (χ4v) is 2.74. The molecule has 24 heavy (non-hydrogen) atoms. The van der Waals surface area contributed by atoms with Crippen molar-refractivity contribution in [2.45, 2.75) is 19.4 Å². The zero-order valence-electron chi connectivity index (χ0n) is 13.5. The molecule has 0 bridgehead atoms. The molecule has 2 rings (SSSR count). The van der Waals surface area contributed by atoms with Crippen molar-refractivity contribution in [1.29, 1.82) is 0 Å². The van der Waals surface area contributed by atoms with Crippen LogP contribution in [0.15, 0.2) is 12.1 Å². The molecule has 0 saturated carbocycles. The Morgan fingerprint density at radius 1 is 1.21 bits per heavy atom. The van der Waals surface area contributed by atoms with Crippen LogP contribution in [-0.4, -0.2) is 61.0 Å². The van der Waals surface area contributed by atoms with Crippen LogP contribution in [0, 0.1) is 17.5 Å². The molecule has 8 heteroatoms. The summed E-state index contributed by atoms with van der Waals surface area (Å²) >= 11 is 0. The number of esters is 1. The largest absolute Gasteiger partial charge is 0.469 e. The summed E-state index contributed by atoms with van der Waals surface area (Å²) in [6.45, 7) is 3.57. The van der Waals surface area contributed by atoms with Gasteiger partial charge in [0.15, 0.2) is 17.5 Å². The monoisotopic (exact) mass is 344 g/mol. The molecule has 0 N–H and O–H groups in total. The normalized spacial score (nSPS) is 18.5. The van der Waals surface area contributed by atoms with Gasteiger partial charge in [0.2, 0.25) is 0 Å². The third kappa shape index (κ3) is 3.87. The summed E-state index contributed by atoms with van der Waals surface area (Å²) in [6.07, 6.45) is 0.245. The second-order valence-corrected chi connectivity index (χ2v) is 5.70. The molecule has 0 aliphatic carbocycles. The van der Waals surface area contributed by atoms with Gasteiger partial charge in [0.25, 0.3) is 5.91 Å². The average molecular weight is 344 g/mol. The van der Waals surface area contributed by atoms with E-state index in [1.54, 1.807) is 6.92 Å². The average Bonchev–Trinajstić information content (AvgIpc) is 2.57. The van der Waals surface area contributed by atoms with Gasteiger partial charge in [-0.1, -0.05) is 0 Å². The zero-order chi connectivity index (χ0) is 17.9. The molecule has 1 aromatic rings. The fraction of sp³-hybridized carbons (Fsp3) is 0.500. The molecule has 1 heterocycles. The van der Waals surface area contributed by atoms with Crippen LogP contribution in [-0.2, 0) is 9.53 Å². The highest BCUT2D eigenvalue weighted by Crippen LogP contribution is 2.20. The molecule has 1 aliphatic heterocycles. The minimum atomic E-state index is -1.65. The number of nitrogens with zero attached hydrogens (tertiary/aromatic N) is 2. The van der Waals surface area contributed by atoms with Crippen LogP contribution in [0.1, 0.15) is 23.7 Å². The minimum Gasteiger partial charge on any atom is -0.469 e. The van der Waals surface area contributed by atoms with Crippen LogP contribution in [0.5, 0.6) is 0 Å². The van der Waals surface area contributed by atoms with Gasteiger partial charge >= 0.3 is 5.97 Å². The predicted molar refractivity (Wildman–Crippen MR) is 79.9 cm³/mol. The lowest BCUT2D eigenvalue weighted by atomic mass is 10.1. The van der Waals surface area contributed by atoms with Crippen LogP contribution < -0.4 is 0 Å². The molecule has 1 fully saturated rings. The maximum Gasteiger partial charge on any atom is 0.306 e. The van der Waals surface area contributed by atoms with Crippen molar-refractivity contribution in [1.82, 2.24) is 9.80 Å².